The number of piperazine rings is 1. The maximum atomic E-state index is 13.7. The number of hydrogen-bond donors (Lipinski definition) is 2. The van der Waals surface area contributed by atoms with E-state index in [-0.39, 0.29) is 53.7 Å². The van der Waals surface area contributed by atoms with Crippen LogP contribution in [0.15, 0.2) is 65.5 Å². The van der Waals surface area contributed by atoms with Gasteiger partial charge in [-0.05, 0) is 54.4 Å². The Hall–Kier alpha value is -4.64. The molecule has 1 aliphatic heterocycles. The third-order valence-electron chi connectivity index (χ3n) is 7.35. The molecule has 0 radical (unpaired) electrons. The zero-order valence-electron chi connectivity index (χ0n) is 21.7. The average molecular weight is 549 g/mol. The molecule has 9 nitrogen and oxygen atoms in total. The molecular formula is C29H26F2N4O5. The monoisotopic (exact) mass is 548 g/mol. The fraction of sp³-hybridized carbons (Fsp3) is 0.241. The van der Waals surface area contributed by atoms with Gasteiger partial charge in [-0.1, -0.05) is 24.3 Å². The Labute approximate surface area is 227 Å². The van der Waals surface area contributed by atoms with Gasteiger partial charge in [0, 0.05) is 32.7 Å². The molecular weight excluding hydrogens is 522 g/mol. The first-order valence-corrected chi connectivity index (χ1v) is 12.6. The molecule has 0 bridgehead atoms. The molecule has 0 aliphatic carbocycles. The second-order valence-corrected chi connectivity index (χ2v) is 9.80. The highest BCUT2D eigenvalue weighted by molar-refractivity contribution is 6.04. The molecule has 0 saturated carbocycles. The van der Waals surface area contributed by atoms with E-state index >= 15 is 0 Å². The zero-order valence-corrected chi connectivity index (χ0v) is 21.7. The number of carboxylic acid groups (broad SMARTS) is 2. The van der Waals surface area contributed by atoms with Crippen LogP contribution in [0.2, 0.25) is 0 Å². The van der Waals surface area contributed by atoms with Crippen LogP contribution in [0.4, 0.5) is 14.5 Å². The van der Waals surface area contributed by atoms with Crippen molar-refractivity contribution in [1.82, 2.24) is 14.5 Å². The minimum absolute atomic E-state index is 0.0697. The van der Waals surface area contributed by atoms with Crippen LogP contribution in [0, 0.1) is 11.6 Å². The van der Waals surface area contributed by atoms with E-state index < -0.39 is 23.1 Å². The summed E-state index contributed by atoms with van der Waals surface area (Å²) in [7, 11) is 1.42. The normalized spacial score (nSPS) is 16.0. The predicted molar refractivity (Wildman–Crippen MR) is 144 cm³/mol. The quantitative estimate of drug-likeness (QED) is 0.373. The Kier molecular flexibility index (Phi) is 7.07. The molecule has 2 aromatic carbocycles. The third-order valence-corrected chi connectivity index (χ3v) is 7.35. The minimum Gasteiger partial charge on any atom is -0.477 e. The van der Waals surface area contributed by atoms with Gasteiger partial charge in [0.15, 0.2) is 5.56 Å². The fourth-order valence-corrected chi connectivity index (χ4v) is 5.44. The second-order valence-electron chi connectivity index (χ2n) is 9.80. The summed E-state index contributed by atoms with van der Waals surface area (Å²) in [6.45, 7) is 2.89. The number of pyridine rings is 2. The minimum atomic E-state index is -1.44. The standard InChI is InChI=1S/C29H26F2N4O5/c1-16-15-34(26-23(29(39)40)27(36)33(2)22-12-11-21(28(37)38)32-24(22)26)13-14-35(16)25(17-3-7-19(30)8-4-17)18-5-9-20(31)10-6-18/h3-12,16,25H,13-15H2,1-2H3,(H,37,38)(H,39,40). The summed E-state index contributed by atoms with van der Waals surface area (Å²) in [6.07, 6.45) is 0. The van der Waals surface area contributed by atoms with Crippen LogP contribution < -0.4 is 10.5 Å². The Bertz CT molecular complexity index is 1630. The number of aromatic carboxylic acids is 2. The molecule has 1 fully saturated rings. The molecule has 0 spiro atoms. The Morgan fingerprint density at radius 2 is 1.48 bits per heavy atom. The molecule has 2 N–H and O–H groups in total. The van der Waals surface area contributed by atoms with E-state index in [9.17, 15) is 33.4 Å². The number of hydrogen-bond acceptors (Lipinski definition) is 6. The van der Waals surface area contributed by atoms with E-state index in [1.54, 1.807) is 29.2 Å². The first kappa shape index (κ1) is 26.9. The average Bonchev–Trinajstić information content (AvgIpc) is 2.93. The Morgan fingerprint density at radius 1 is 0.900 bits per heavy atom. The highest BCUT2D eigenvalue weighted by Crippen LogP contribution is 2.35. The number of aromatic nitrogens is 2. The predicted octanol–water partition coefficient (Wildman–Crippen LogP) is 3.91. The summed E-state index contributed by atoms with van der Waals surface area (Å²) >= 11 is 0. The highest BCUT2D eigenvalue weighted by Gasteiger charge is 2.35. The van der Waals surface area contributed by atoms with Crippen molar-refractivity contribution in [2.45, 2.75) is 19.0 Å². The summed E-state index contributed by atoms with van der Waals surface area (Å²) in [6, 6.07) is 14.3. The number of anilines is 1. The van der Waals surface area contributed by atoms with E-state index in [4.69, 9.17) is 0 Å². The molecule has 40 heavy (non-hydrogen) atoms. The van der Waals surface area contributed by atoms with Crippen LogP contribution in [-0.4, -0.2) is 62.3 Å². The topological polar surface area (TPSA) is 116 Å². The number of carbonyl (C=O) groups is 2. The van der Waals surface area contributed by atoms with E-state index in [0.717, 1.165) is 15.7 Å². The van der Waals surface area contributed by atoms with Crippen molar-refractivity contribution in [3.63, 3.8) is 0 Å². The first-order valence-electron chi connectivity index (χ1n) is 12.6. The van der Waals surface area contributed by atoms with Gasteiger partial charge in [-0.25, -0.2) is 23.4 Å². The van der Waals surface area contributed by atoms with Crippen molar-refractivity contribution >= 4 is 28.7 Å². The molecule has 206 valence electrons. The van der Waals surface area contributed by atoms with Gasteiger partial charge in [0.05, 0.1) is 17.2 Å². The lowest BCUT2D eigenvalue weighted by Gasteiger charge is -2.45. The van der Waals surface area contributed by atoms with E-state index in [2.05, 4.69) is 9.88 Å². The maximum Gasteiger partial charge on any atom is 0.354 e. The molecule has 1 saturated heterocycles. The van der Waals surface area contributed by atoms with Gasteiger partial charge in [-0.15, -0.1) is 0 Å². The summed E-state index contributed by atoms with van der Waals surface area (Å²) in [4.78, 5) is 45.3. The summed E-state index contributed by atoms with van der Waals surface area (Å²) in [5, 5.41) is 19.6. The van der Waals surface area contributed by atoms with Crippen molar-refractivity contribution in [3.05, 3.63) is 105 Å². The van der Waals surface area contributed by atoms with Gasteiger partial charge >= 0.3 is 11.9 Å². The molecule has 4 aromatic rings. The molecule has 2 aromatic heterocycles. The van der Waals surface area contributed by atoms with Gasteiger partial charge in [0.1, 0.15) is 22.8 Å². The zero-order chi connectivity index (χ0) is 28.7. The summed E-state index contributed by atoms with van der Waals surface area (Å²) < 4.78 is 28.6. The van der Waals surface area contributed by atoms with Crippen molar-refractivity contribution in [2.24, 2.45) is 7.05 Å². The largest absolute Gasteiger partial charge is 0.477 e. The van der Waals surface area contributed by atoms with Crippen LogP contribution in [0.3, 0.4) is 0 Å². The van der Waals surface area contributed by atoms with Gasteiger partial charge in [0.25, 0.3) is 5.56 Å². The number of nitrogens with zero attached hydrogens (tertiary/aromatic N) is 4. The maximum absolute atomic E-state index is 13.7. The number of fused-ring (bicyclic) bond motifs is 1. The summed E-state index contributed by atoms with van der Waals surface area (Å²) in [5.74, 6) is -3.48. The lowest BCUT2D eigenvalue weighted by Crippen LogP contribution is -2.54. The molecule has 5 rings (SSSR count). The van der Waals surface area contributed by atoms with Crippen LogP contribution in [0.1, 0.15) is 44.9 Å². The van der Waals surface area contributed by atoms with Gasteiger partial charge in [-0.3, -0.25) is 9.69 Å². The van der Waals surface area contributed by atoms with Crippen LogP contribution >= 0.6 is 0 Å². The van der Waals surface area contributed by atoms with E-state index in [0.29, 0.717) is 12.1 Å². The number of carboxylic acids is 2. The smallest absolute Gasteiger partial charge is 0.354 e. The molecule has 0 amide bonds. The van der Waals surface area contributed by atoms with Crippen molar-refractivity contribution in [2.75, 3.05) is 24.5 Å². The van der Waals surface area contributed by atoms with Crippen LogP contribution in [-0.2, 0) is 7.05 Å². The van der Waals surface area contributed by atoms with Crippen molar-refractivity contribution in [3.8, 4) is 0 Å². The van der Waals surface area contributed by atoms with E-state index in [1.807, 2.05) is 6.92 Å². The lowest BCUT2D eigenvalue weighted by molar-refractivity contribution is 0.0683. The number of aryl methyl sites for hydroxylation is 1. The SMILES string of the molecule is CC1CN(c2c(C(=O)O)c(=O)n(C)c3ccc(C(=O)O)nc23)CCN1C(c1ccc(F)cc1)c1ccc(F)cc1. The van der Waals surface area contributed by atoms with Gasteiger partial charge in [0.2, 0.25) is 0 Å². The van der Waals surface area contributed by atoms with Gasteiger partial charge in [-0.2, -0.15) is 0 Å². The number of rotatable bonds is 6. The summed E-state index contributed by atoms with van der Waals surface area (Å²) in [5.41, 5.74) is 0.583. The Morgan fingerprint density at radius 3 is 1.98 bits per heavy atom. The first-order chi connectivity index (χ1) is 19.1. The molecule has 3 heterocycles. The highest BCUT2D eigenvalue weighted by atomic mass is 19.1. The number of halogens is 2. The number of benzene rings is 2. The van der Waals surface area contributed by atoms with E-state index in [1.165, 1.54) is 43.4 Å². The molecule has 1 aliphatic rings. The fourth-order valence-electron chi connectivity index (χ4n) is 5.44. The second kappa shape index (κ2) is 10.5. The van der Waals surface area contributed by atoms with Crippen molar-refractivity contribution in [1.29, 1.82) is 0 Å². The van der Waals surface area contributed by atoms with Crippen molar-refractivity contribution < 1.29 is 28.6 Å². The molecule has 1 unspecified atom stereocenters. The third kappa shape index (κ3) is 4.79. The lowest BCUT2D eigenvalue weighted by atomic mass is 9.94. The Balaban J connectivity index is 1.59. The molecule has 11 heteroatoms. The van der Waals surface area contributed by atoms with Gasteiger partial charge < -0.3 is 19.7 Å². The molecule has 1 atom stereocenters. The van der Waals surface area contributed by atoms with Crippen LogP contribution in [0.5, 0.6) is 0 Å². The van der Waals surface area contributed by atoms with Crippen LogP contribution in [0.25, 0.3) is 11.0 Å².